The SMILES string of the molecule is C=C/C=C(\C=C/C)c1ccc(-n2c3ccccc3c3ccccc32)c(-c2nc(-c3ccccc3)nc(-c3cccc(-c4ccc(-c5cccc(-c6ccccc6)c5)cc4-n4c5ccccc5c5ccccc54)c3)n2)c1. The molecule has 0 bridgehead atoms. The third kappa shape index (κ3) is 8.13. The quantitative estimate of drug-likeness (QED) is 0.121. The molecular formula is C70H49N5. The van der Waals surface area contributed by atoms with Gasteiger partial charge in [0, 0.05) is 43.8 Å². The van der Waals surface area contributed by atoms with E-state index in [1.807, 2.05) is 37.3 Å². The molecule has 75 heavy (non-hydrogen) atoms. The van der Waals surface area contributed by atoms with Gasteiger partial charge in [-0.05, 0) is 100 Å². The highest BCUT2D eigenvalue weighted by Gasteiger charge is 2.22. The molecule has 0 saturated heterocycles. The van der Waals surface area contributed by atoms with Crippen LogP contribution >= 0.6 is 0 Å². The molecule has 354 valence electrons. The number of hydrogen-bond acceptors (Lipinski definition) is 3. The number of allylic oxidation sites excluding steroid dienone is 5. The Labute approximate surface area is 436 Å². The fraction of sp³-hybridized carbons (Fsp3) is 0.0143. The van der Waals surface area contributed by atoms with E-state index in [0.29, 0.717) is 17.5 Å². The van der Waals surface area contributed by atoms with Gasteiger partial charge in [0.05, 0.1) is 33.4 Å². The zero-order valence-electron chi connectivity index (χ0n) is 41.3. The molecule has 0 aliphatic carbocycles. The third-order valence-corrected chi connectivity index (χ3v) is 14.3. The topological polar surface area (TPSA) is 48.5 Å². The number of hydrogen-bond donors (Lipinski definition) is 0. The molecule has 0 N–H and O–H groups in total. The van der Waals surface area contributed by atoms with Crippen molar-refractivity contribution < 1.29 is 0 Å². The van der Waals surface area contributed by atoms with Crippen molar-refractivity contribution in [3.8, 4) is 78.9 Å². The Morgan fingerprint density at radius 1 is 0.360 bits per heavy atom. The van der Waals surface area contributed by atoms with E-state index < -0.39 is 0 Å². The summed E-state index contributed by atoms with van der Waals surface area (Å²) in [5, 5.41) is 4.77. The molecule has 3 heterocycles. The van der Waals surface area contributed by atoms with Gasteiger partial charge < -0.3 is 9.13 Å². The van der Waals surface area contributed by atoms with Crippen LogP contribution in [-0.4, -0.2) is 24.1 Å². The van der Waals surface area contributed by atoms with Gasteiger partial charge in [-0.15, -0.1) is 0 Å². The number of aromatic nitrogens is 5. The Balaban J connectivity index is 1.03. The van der Waals surface area contributed by atoms with Gasteiger partial charge in [-0.2, -0.15) is 0 Å². The molecule has 0 unspecified atom stereocenters. The summed E-state index contributed by atoms with van der Waals surface area (Å²) in [5.41, 5.74) is 18.0. The minimum atomic E-state index is 0.564. The lowest BCUT2D eigenvalue weighted by atomic mass is 9.95. The molecule has 0 amide bonds. The number of benzene rings is 10. The van der Waals surface area contributed by atoms with Crippen LogP contribution in [0.15, 0.2) is 274 Å². The first-order valence-corrected chi connectivity index (χ1v) is 25.4. The maximum atomic E-state index is 5.50. The van der Waals surface area contributed by atoms with Gasteiger partial charge in [0.1, 0.15) is 0 Å². The van der Waals surface area contributed by atoms with Crippen LogP contribution in [0, 0.1) is 0 Å². The lowest BCUT2D eigenvalue weighted by Crippen LogP contribution is -2.04. The second kappa shape index (κ2) is 19.2. The highest BCUT2D eigenvalue weighted by molar-refractivity contribution is 6.11. The molecule has 0 fully saturated rings. The maximum Gasteiger partial charge on any atom is 0.166 e. The summed E-state index contributed by atoms with van der Waals surface area (Å²) < 4.78 is 4.78. The van der Waals surface area contributed by atoms with E-state index in [4.69, 9.17) is 15.0 Å². The minimum Gasteiger partial charge on any atom is -0.309 e. The molecule has 13 rings (SSSR count). The van der Waals surface area contributed by atoms with Gasteiger partial charge in [-0.3, -0.25) is 0 Å². The average Bonchev–Trinajstić information content (AvgIpc) is 4.00. The van der Waals surface area contributed by atoms with Crippen LogP contribution in [0.1, 0.15) is 12.5 Å². The van der Waals surface area contributed by atoms with Crippen LogP contribution in [0.25, 0.3) is 128 Å². The van der Waals surface area contributed by atoms with Crippen LogP contribution in [0.4, 0.5) is 0 Å². The van der Waals surface area contributed by atoms with E-state index in [2.05, 4.69) is 252 Å². The van der Waals surface area contributed by atoms with Crippen molar-refractivity contribution in [1.82, 2.24) is 24.1 Å². The summed E-state index contributed by atoms with van der Waals surface area (Å²) >= 11 is 0. The van der Waals surface area contributed by atoms with Crippen molar-refractivity contribution in [2.24, 2.45) is 0 Å². The van der Waals surface area contributed by atoms with E-state index in [1.165, 1.54) is 32.7 Å². The molecule has 0 radical (unpaired) electrons. The molecule has 0 atom stereocenters. The second-order valence-corrected chi connectivity index (χ2v) is 18.8. The second-order valence-electron chi connectivity index (χ2n) is 18.8. The third-order valence-electron chi connectivity index (χ3n) is 14.3. The van der Waals surface area contributed by atoms with E-state index in [-0.39, 0.29) is 0 Å². The normalized spacial score (nSPS) is 11.9. The number of fused-ring (bicyclic) bond motifs is 6. The molecule has 5 heteroatoms. The van der Waals surface area contributed by atoms with Crippen molar-refractivity contribution in [3.05, 3.63) is 279 Å². The molecule has 0 aliphatic rings. The van der Waals surface area contributed by atoms with Gasteiger partial charge >= 0.3 is 0 Å². The van der Waals surface area contributed by atoms with Gasteiger partial charge in [0.15, 0.2) is 17.5 Å². The van der Waals surface area contributed by atoms with Crippen molar-refractivity contribution in [2.75, 3.05) is 0 Å². The number of nitrogens with zero attached hydrogens (tertiary/aromatic N) is 5. The summed E-state index contributed by atoms with van der Waals surface area (Å²) in [7, 11) is 0. The van der Waals surface area contributed by atoms with Crippen LogP contribution < -0.4 is 0 Å². The van der Waals surface area contributed by atoms with Crippen LogP contribution in [0.3, 0.4) is 0 Å². The lowest BCUT2D eigenvalue weighted by molar-refractivity contribution is 1.06. The first-order chi connectivity index (χ1) is 37.1. The Morgan fingerprint density at radius 3 is 1.40 bits per heavy atom. The monoisotopic (exact) mass is 959 g/mol. The van der Waals surface area contributed by atoms with E-state index in [9.17, 15) is 0 Å². The summed E-state index contributed by atoms with van der Waals surface area (Å²) in [5.74, 6) is 1.72. The Kier molecular flexibility index (Phi) is 11.5. The zero-order chi connectivity index (χ0) is 50.2. The molecule has 0 saturated carbocycles. The average molecular weight is 960 g/mol. The van der Waals surface area contributed by atoms with E-state index in [1.54, 1.807) is 0 Å². The van der Waals surface area contributed by atoms with Gasteiger partial charge in [-0.1, -0.05) is 219 Å². The predicted octanol–water partition coefficient (Wildman–Crippen LogP) is 18.2. The zero-order valence-corrected chi connectivity index (χ0v) is 41.3. The van der Waals surface area contributed by atoms with Crippen molar-refractivity contribution in [3.63, 3.8) is 0 Å². The Morgan fingerprint density at radius 2 is 0.813 bits per heavy atom. The van der Waals surface area contributed by atoms with Crippen LogP contribution in [0.2, 0.25) is 0 Å². The summed E-state index contributed by atoms with van der Waals surface area (Å²) in [6.07, 6.45) is 8.05. The molecule has 0 spiro atoms. The van der Waals surface area contributed by atoms with Crippen molar-refractivity contribution >= 4 is 49.2 Å². The molecule has 0 aliphatic heterocycles. The number of para-hydroxylation sites is 4. The van der Waals surface area contributed by atoms with Crippen LogP contribution in [0.5, 0.6) is 0 Å². The van der Waals surface area contributed by atoms with E-state index >= 15 is 0 Å². The summed E-state index contributed by atoms with van der Waals surface area (Å²) in [6.45, 7) is 6.10. The largest absolute Gasteiger partial charge is 0.309 e. The highest BCUT2D eigenvalue weighted by atomic mass is 15.1. The summed E-state index contributed by atoms with van der Waals surface area (Å²) in [4.78, 5) is 16.2. The predicted molar refractivity (Wildman–Crippen MR) is 314 cm³/mol. The molecule has 3 aromatic heterocycles. The fourth-order valence-corrected chi connectivity index (χ4v) is 10.8. The van der Waals surface area contributed by atoms with Crippen molar-refractivity contribution in [1.29, 1.82) is 0 Å². The van der Waals surface area contributed by atoms with Crippen LogP contribution in [-0.2, 0) is 0 Å². The smallest absolute Gasteiger partial charge is 0.166 e. The van der Waals surface area contributed by atoms with Gasteiger partial charge in [0.25, 0.3) is 0 Å². The Hall–Kier alpha value is -9.97. The first kappa shape index (κ1) is 44.9. The van der Waals surface area contributed by atoms with Gasteiger partial charge in [-0.25, -0.2) is 15.0 Å². The number of rotatable bonds is 11. The minimum absolute atomic E-state index is 0.564. The molecular weight excluding hydrogens is 911 g/mol. The molecule has 5 nitrogen and oxygen atoms in total. The first-order valence-electron chi connectivity index (χ1n) is 25.4. The van der Waals surface area contributed by atoms with Crippen molar-refractivity contribution in [2.45, 2.75) is 6.92 Å². The van der Waals surface area contributed by atoms with E-state index in [0.717, 1.165) is 83.5 Å². The van der Waals surface area contributed by atoms with Gasteiger partial charge in [0.2, 0.25) is 0 Å². The fourth-order valence-electron chi connectivity index (χ4n) is 10.8. The summed E-state index contributed by atoms with van der Waals surface area (Å²) in [6, 6.07) is 86.4. The highest BCUT2D eigenvalue weighted by Crippen LogP contribution is 2.41. The Bertz CT molecular complexity index is 4280. The molecule has 13 aromatic rings. The molecule has 10 aromatic carbocycles. The standard InChI is InChI=1S/C70H49N5/c1-3-21-47(22-4-2)52-40-42-66(74-62-35-15-11-31-57(62)58-32-12-16-36-63(58)74)61(45-52)70-72-68(49-25-9-6-10-26-49)71-69(73-70)55-30-20-29-54(44-55)56-41-39-53(51-28-19-27-50(43-51)48-23-7-5-8-24-48)46-67(56)75-64-37-17-13-33-59(64)60-34-14-18-38-65(60)75/h3-46H,1H2,2H3/b22-4-,47-21+. The lowest BCUT2D eigenvalue weighted by Gasteiger charge is -2.18. The maximum absolute atomic E-state index is 5.50.